The predicted molar refractivity (Wildman–Crippen MR) is 70.2 cm³/mol. The summed E-state index contributed by atoms with van der Waals surface area (Å²) >= 11 is 0. The molecule has 0 radical (unpaired) electrons. The quantitative estimate of drug-likeness (QED) is 0.673. The van der Waals surface area contributed by atoms with Crippen LogP contribution in [-0.4, -0.2) is 23.3 Å². The zero-order valence-electron chi connectivity index (χ0n) is 12.5. The third-order valence-electron chi connectivity index (χ3n) is 4.51. The Morgan fingerprint density at radius 1 is 1.28 bits per heavy atom. The molecule has 0 amide bonds. The van der Waals surface area contributed by atoms with E-state index in [1.165, 1.54) is 6.42 Å². The minimum absolute atomic E-state index is 0.0857. The van der Waals surface area contributed by atoms with Crippen LogP contribution in [0.2, 0.25) is 0 Å². The zero-order valence-corrected chi connectivity index (χ0v) is 12.5. The van der Waals surface area contributed by atoms with Gasteiger partial charge in [-0.25, -0.2) is 0 Å². The van der Waals surface area contributed by atoms with Crippen LogP contribution in [0.15, 0.2) is 0 Å². The van der Waals surface area contributed by atoms with Crippen LogP contribution in [0.1, 0.15) is 60.8 Å². The Bertz CT molecular complexity index is 353. The lowest BCUT2D eigenvalue weighted by Crippen LogP contribution is -2.62. The zero-order chi connectivity index (χ0) is 13.8. The van der Waals surface area contributed by atoms with E-state index in [1.54, 1.807) is 0 Å². The third kappa shape index (κ3) is 2.29. The summed E-state index contributed by atoms with van der Waals surface area (Å²) < 4.78 is 11.9. The molecular formula is C15H26O3. The van der Waals surface area contributed by atoms with E-state index >= 15 is 0 Å². The number of rotatable bonds is 1. The van der Waals surface area contributed by atoms with Crippen LogP contribution < -0.4 is 0 Å². The Morgan fingerprint density at radius 3 is 2.33 bits per heavy atom. The largest absolute Gasteiger partial charge is 0.459 e. The third-order valence-corrected chi connectivity index (χ3v) is 4.51. The first kappa shape index (κ1) is 13.9. The highest BCUT2D eigenvalue weighted by molar-refractivity contribution is 5.75. The molecule has 3 nitrogen and oxygen atoms in total. The van der Waals surface area contributed by atoms with Crippen molar-refractivity contribution in [3.63, 3.8) is 0 Å². The van der Waals surface area contributed by atoms with Gasteiger partial charge in [-0.15, -0.1) is 0 Å². The van der Waals surface area contributed by atoms with Crippen molar-refractivity contribution in [1.29, 1.82) is 0 Å². The van der Waals surface area contributed by atoms with Crippen LogP contribution in [0.3, 0.4) is 0 Å². The van der Waals surface area contributed by atoms with E-state index in [4.69, 9.17) is 9.47 Å². The maximum atomic E-state index is 12.0. The maximum Gasteiger partial charge on any atom is 0.311 e. The minimum Gasteiger partial charge on any atom is -0.459 e. The van der Waals surface area contributed by atoms with Crippen molar-refractivity contribution in [2.24, 2.45) is 11.3 Å². The van der Waals surface area contributed by atoms with Crippen molar-refractivity contribution < 1.29 is 14.3 Å². The Balaban J connectivity index is 2.11. The van der Waals surface area contributed by atoms with Crippen LogP contribution in [0, 0.1) is 11.3 Å². The average molecular weight is 254 g/mol. The summed E-state index contributed by atoms with van der Waals surface area (Å²) in [5, 5.41) is 0. The second-order valence-electron chi connectivity index (χ2n) is 7.63. The van der Waals surface area contributed by atoms with Gasteiger partial charge in [-0.05, 0) is 66.7 Å². The molecule has 2 saturated heterocycles. The molecule has 18 heavy (non-hydrogen) atoms. The summed E-state index contributed by atoms with van der Waals surface area (Å²) in [6.07, 6.45) is 3.01. The van der Waals surface area contributed by atoms with Crippen LogP contribution in [0.4, 0.5) is 0 Å². The molecule has 1 saturated carbocycles. The number of hydrogen-bond donors (Lipinski definition) is 0. The van der Waals surface area contributed by atoms with Crippen molar-refractivity contribution in [3.05, 3.63) is 0 Å². The van der Waals surface area contributed by atoms with E-state index in [-0.39, 0.29) is 23.3 Å². The highest BCUT2D eigenvalue weighted by Crippen LogP contribution is 2.50. The molecule has 0 N–H and O–H groups in total. The van der Waals surface area contributed by atoms with E-state index < -0.39 is 5.41 Å². The van der Waals surface area contributed by atoms with E-state index in [0.717, 1.165) is 12.8 Å². The van der Waals surface area contributed by atoms with Gasteiger partial charge < -0.3 is 9.47 Å². The number of ether oxygens (including phenoxy) is 2. The Labute approximate surface area is 110 Å². The molecule has 0 aromatic carbocycles. The minimum atomic E-state index is -0.442. The molecule has 3 aliphatic rings. The fraction of sp³-hybridized carbons (Fsp3) is 0.933. The molecule has 1 aliphatic carbocycles. The average Bonchev–Trinajstić information content (AvgIpc) is 2.16. The summed E-state index contributed by atoms with van der Waals surface area (Å²) in [5.74, 6) is 0.375. The second kappa shape index (κ2) is 3.96. The highest BCUT2D eigenvalue weighted by Gasteiger charge is 2.55. The van der Waals surface area contributed by atoms with Gasteiger partial charge in [0.1, 0.15) is 11.7 Å². The maximum absolute atomic E-state index is 12.0. The first-order valence-corrected chi connectivity index (χ1v) is 6.96. The molecule has 3 unspecified atom stereocenters. The molecule has 0 aromatic heterocycles. The summed E-state index contributed by atoms with van der Waals surface area (Å²) in [6.45, 7) is 12.1. The normalized spacial score (nSPS) is 38.6. The van der Waals surface area contributed by atoms with Crippen LogP contribution in [0.25, 0.3) is 0 Å². The second-order valence-corrected chi connectivity index (χ2v) is 7.63. The topological polar surface area (TPSA) is 35.5 Å². The van der Waals surface area contributed by atoms with Crippen LogP contribution in [-0.2, 0) is 14.3 Å². The van der Waals surface area contributed by atoms with Gasteiger partial charge in [0.15, 0.2) is 0 Å². The first-order valence-electron chi connectivity index (χ1n) is 6.96. The van der Waals surface area contributed by atoms with Crippen molar-refractivity contribution >= 4 is 5.97 Å². The molecule has 0 aromatic rings. The lowest BCUT2D eigenvalue weighted by molar-refractivity contribution is -0.279. The highest BCUT2D eigenvalue weighted by atomic mass is 16.6. The van der Waals surface area contributed by atoms with Gasteiger partial charge in [-0.1, -0.05) is 0 Å². The van der Waals surface area contributed by atoms with Gasteiger partial charge >= 0.3 is 5.97 Å². The van der Waals surface area contributed by atoms with Crippen LogP contribution in [0.5, 0.6) is 0 Å². The lowest BCUT2D eigenvalue weighted by Gasteiger charge is -2.57. The predicted octanol–water partition coefficient (Wildman–Crippen LogP) is 3.31. The fourth-order valence-corrected chi connectivity index (χ4v) is 3.16. The van der Waals surface area contributed by atoms with Gasteiger partial charge in [-0.2, -0.15) is 0 Å². The van der Waals surface area contributed by atoms with E-state index in [2.05, 4.69) is 20.8 Å². The van der Waals surface area contributed by atoms with Gasteiger partial charge in [0.05, 0.1) is 11.0 Å². The van der Waals surface area contributed by atoms with Gasteiger partial charge in [0, 0.05) is 0 Å². The number of hydrogen-bond acceptors (Lipinski definition) is 3. The molecule has 3 rings (SSSR count). The van der Waals surface area contributed by atoms with Crippen LogP contribution >= 0.6 is 0 Å². The van der Waals surface area contributed by atoms with E-state index in [1.807, 2.05) is 20.8 Å². The summed E-state index contributed by atoms with van der Waals surface area (Å²) in [6, 6.07) is 0. The molecule has 3 heteroatoms. The molecule has 3 fully saturated rings. The van der Waals surface area contributed by atoms with E-state index in [0.29, 0.717) is 5.92 Å². The Hall–Kier alpha value is -0.570. The number of carbonyl (C=O) groups is 1. The molecule has 2 aliphatic heterocycles. The Kier molecular flexibility index (Phi) is 3.05. The van der Waals surface area contributed by atoms with Crippen molar-refractivity contribution in [2.75, 3.05) is 0 Å². The summed E-state index contributed by atoms with van der Waals surface area (Å²) in [4.78, 5) is 12.0. The Morgan fingerprint density at radius 2 is 1.89 bits per heavy atom. The van der Waals surface area contributed by atoms with Gasteiger partial charge in [-0.3, -0.25) is 4.79 Å². The smallest absolute Gasteiger partial charge is 0.311 e. The summed E-state index contributed by atoms with van der Waals surface area (Å²) in [7, 11) is 0. The molecule has 104 valence electrons. The monoisotopic (exact) mass is 254 g/mol. The standard InChI is InChI=1S/C15H26O3/c1-13(2,3)12(16)17-11-9-10-7-8-15(11,6)18-14(10,4)5/h10-11H,7-9H2,1-6H3. The molecule has 2 bridgehead atoms. The van der Waals surface area contributed by atoms with Gasteiger partial charge in [0.2, 0.25) is 0 Å². The SMILES string of the molecule is CC(C)(C)C(=O)OC1CC2CCC1(C)OC2(C)C. The number of fused-ring (bicyclic) bond motifs is 3. The number of esters is 1. The number of carbonyl (C=O) groups excluding carboxylic acids is 1. The molecule has 3 atom stereocenters. The van der Waals surface area contributed by atoms with Crippen molar-refractivity contribution in [1.82, 2.24) is 0 Å². The molecular weight excluding hydrogens is 228 g/mol. The van der Waals surface area contributed by atoms with Crippen molar-refractivity contribution in [2.45, 2.75) is 78.1 Å². The molecule has 2 heterocycles. The fourth-order valence-electron chi connectivity index (χ4n) is 3.16. The lowest BCUT2D eigenvalue weighted by atomic mass is 9.67. The van der Waals surface area contributed by atoms with E-state index in [9.17, 15) is 4.79 Å². The first-order chi connectivity index (χ1) is 8.05. The van der Waals surface area contributed by atoms with Gasteiger partial charge in [0.25, 0.3) is 0 Å². The molecule has 0 spiro atoms. The summed E-state index contributed by atoms with van der Waals surface area (Å²) in [5.41, 5.74) is -0.834. The van der Waals surface area contributed by atoms with Crippen molar-refractivity contribution in [3.8, 4) is 0 Å².